The zero-order valence-corrected chi connectivity index (χ0v) is 19.7. The lowest BCUT2D eigenvalue weighted by Crippen LogP contribution is -2.54. The predicted octanol–water partition coefficient (Wildman–Crippen LogP) is 6.37. The second-order valence-electron chi connectivity index (χ2n) is 11.2. The van der Waals surface area contributed by atoms with Crippen LogP contribution in [0.5, 0.6) is 0 Å². The molecule has 4 atom stereocenters. The van der Waals surface area contributed by atoms with E-state index in [0.717, 1.165) is 48.6 Å². The van der Waals surface area contributed by atoms with Crippen molar-refractivity contribution in [1.82, 2.24) is 4.90 Å². The minimum absolute atomic E-state index is 0.0886. The van der Waals surface area contributed by atoms with Crippen molar-refractivity contribution < 1.29 is 9.53 Å². The van der Waals surface area contributed by atoms with Gasteiger partial charge >= 0.3 is 5.97 Å². The number of hydrogen-bond acceptors (Lipinski definition) is 3. The monoisotopic (exact) mass is 403 g/mol. The summed E-state index contributed by atoms with van der Waals surface area (Å²) in [5, 5.41) is 0. The number of rotatable bonds is 5. The summed E-state index contributed by atoms with van der Waals surface area (Å²) in [6.45, 7) is 15.3. The first-order chi connectivity index (χ1) is 13.7. The number of hydrogen-bond donors (Lipinski definition) is 0. The fraction of sp³-hybridized carbons (Fsp3) is 0.885. The molecule has 0 aromatic heterocycles. The average Bonchev–Trinajstić information content (AvgIpc) is 2.61. The molecule has 4 unspecified atom stereocenters. The number of nitrogens with zero attached hydrogens (tertiary/aromatic N) is 1. The number of esters is 1. The van der Waals surface area contributed by atoms with Crippen LogP contribution in [-0.2, 0) is 9.53 Å². The van der Waals surface area contributed by atoms with Gasteiger partial charge in [-0.15, -0.1) is 0 Å². The van der Waals surface area contributed by atoms with E-state index in [1.54, 1.807) is 6.92 Å². The van der Waals surface area contributed by atoms with Gasteiger partial charge in [0.2, 0.25) is 0 Å². The molecule has 3 fully saturated rings. The van der Waals surface area contributed by atoms with Crippen LogP contribution in [0.3, 0.4) is 0 Å². The number of carbonyl (C=O) groups excluding carboxylic acids is 1. The third-order valence-corrected chi connectivity index (χ3v) is 7.84. The first-order valence-corrected chi connectivity index (χ1v) is 12.4. The first-order valence-electron chi connectivity index (χ1n) is 12.4. The van der Waals surface area contributed by atoms with Gasteiger partial charge in [-0.3, -0.25) is 4.90 Å². The third-order valence-electron chi connectivity index (χ3n) is 7.84. The molecule has 0 aromatic carbocycles. The van der Waals surface area contributed by atoms with Crippen molar-refractivity contribution >= 4 is 5.97 Å². The Balaban J connectivity index is 1.70. The van der Waals surface area contributed by atoms with Gasteiger partial charge in [-0.1, -0.05) is 34.3 Å². The molecule has 0 bridgehead atoms. The SMILES string of the molecule is C=C(C)C(=O)OC1CCC(N(C2CC(C)CC(C)C2)C2CC(C)CC(C)C2)CC1. The molecule has 3 aliphatic carbocycles. The lowest BCUT2D eigenvalue weighted by Gasteiger charge is -2.51. The average molecular weight is 404 g/mol. The van der Waals surface area contributed by atoms with E-state index in [4.69, 9.17) is 4.74 Å². The summed E-state index contributed by atoms with van der Waals surface area (Å²) in [5.74, 6) is 3.17. The quantitative estimate of drug-likeness (QED) is 0.395. The largest absolute Gasteiger partial charge is 0.459 e. The number of ether oxygens (including phenoxy) is 1. The van der Waals surface area contributed by atoms with E-state index in [1.165, 1.54) is 51.4 Å². The van der Waals surface area contributed by atoms with Crippen LogP contribution in [0.15, 0.2) is 12.2 Å². The minimum atomic E-state index is -0.213. The Bertz CT molecular complexity index is 519. The fourth-order valence-electron chi connectivity index (χ4n) is 6.90. The smallest absolute Gasteiger partial charge is 0.333 e. The molecule has 0 N–H and O–H groups in total. The predicted molar refractivity (Wildman–Crippen MR) is 121 cm³/mol. The van der Waals surface area contributed by atoms with E-state index in [0.29, 0.717) is 11.6 Å². The Kier molecular flexibility index (Phi) is 7.87. The molecule has 0 aliphatic heterocycles. The topological polar surface area (TPSA) is 29.5 Å². The summed E-state index contributed by atoms with van der Waals surface area (Å²) >= 11 is 0. The van der Waals surface area contributed by atoms with Crippen LogP contribution in [0.1, 0.15) is 98.8 Å². The standard InChI is InChI=1S/C26H45NO2/c1-17(2)26(28)29-25-9-7-22(8-10-25)27(23-13-18(3)11-19(4)14-23)24-15-20(5)12-21(6)16-24/h18-25H,1,7-16H2,2-6H3. The molecule has 3 saturated carbocycles. The second kappa shape index (κ2) is 9.98. The van der Waals surface area contributed by atoms with Crippen LogP contribution in [0.4, 0.5) is 0 Å². The highest BCUT2D eigenvalue weighted by atomic mass is 16.5. The Morgan fingerprint density at radius 2 is 1.14 bits per heavy atom. The first kappa shape index (κ1) is 22.8. The van der Waals surface area contributed by atoms with Crippen LogP contribution in [-0.4, -0.2) is 35.1 Å². The van der Waals surface area contributed by atoms with Gasteiger partial charge in [0.15, 0.2) is 0 Å². The van der Waals surface area contributed by atoms with Gasteiger partial charge < -0.3 is 4.74 Å². The van der Waals surface area contributed by atoms with Crippen LogP contribution in [0.2, 0.25) is 0 Å². The van der Waals surface area contributed by atoms with E-state index in [-0.39, 0.29) is 12.1 Å². The normalized spacial score (nSPS) is 41.2. The molecule has 0 spiro atoms. The molecule has 3 heteroatoms. The molecule has 0 amide bonds. The highest BCUT2D eigenvalue weighted by molar-refractivity contribution is 5.87. The summed E-state index contributed by atoms with van der Waals surface area (Å²) in [6.07, 6.45) is 12.7. The van der Waals surface area contributed by atoms with E-state index in [1.807, 2.05) is 0 Å². The summed E-state index contributed by atoms with van der Waals surface area (Å²) in [6, 6.07) is 2.16. The highest BCUT2D eigenvalue weighted by Gasteiger charge is 2.40. The molecule has 3 rings (SSSR count). The van der Waals surface area contributed by atoms with Crippen LogP contribution < -0.4 is 0 Å². The minimum Gasteiger partial charge on any atom is -0.459 e. The van der Waals surface area contributed by atoms with E-state index >= 15 is 0 Å². The van der Waals surface area contributed by atoms with Crippen molar-refractivity contribution in [2.24, 2.45) is 23.7 Å². The van der Waals surface area contributed by atoms with Gasteiger partial charge in [-0.05, 0) is 94.8 Å². The second-order valence-corrected chi connectivity index (χ2v) is 11.2. The Hall–Kier alpha value is -0.830. The summed E-state index contributed by atoms with van der Waals surface area (Å²) in [4.78, 5) is 14.9. The number of carbonyl (C=O) groups is 1. The van der Waals surface area contributed by atoms with Crippen molar-refractivity contribution in [3.63, 3.8) is 0 Å². The Morgan fingerprint density at radius 1 is 0.724 bits per heavy atom. The van der Waals surface area contributed by atoms with Crippen molar-refractivity contribution in [2.45, 2.75) is 123 Å². The maximum atomic E-state index is 11.9. The van der Waals surface area contributed by atoms with Crippen LogP contribution in [0, 0.1) is 23.7 Å². The maximum Gasteiger partial charge on any atom is 0.333 e. The zero-order chi connectivity index (χ0) is 21.1. The lowest BCUT2D eigenvalue weighted by molar-refractivity contribution is -0.146. The molecular formula is C26H45NO2. The van der Waals surface area contributed by atoms with E-state index in [2.05, 4.69) is 39.2 Å². The van der Waals surface area contributed by atoms with Crippen molar-refractivity contribution in [3.8, 4) is 0 Å². The third kappa shape index (κ3) is 6.09. The molecule has 166 valence electrons. The van der Waals surface area contributed by atoms with Crippen molar-refractivity contribution in [2.75, 3.05) is 0 Å². The van der Waals surface area contributed by atoms with Crippen LogP contribution in [0.25, 0.3) is 0 Å². The van der Waals surface area contributed by atoms with Crippen molar-refractivity contribution in [1.29, 1.82) is 0 Å². The Labute approximate surface area is 179 Å². The van der Waals surface area contributed by atoms with Crippen molar-refractivity contribution in [3.05, 3.63) is 12.2 Å². The fourth-order valence-corrected chi connectivity index (χ4v) is 6.90. The summed E-state index contributed by atoms with van der Waals surface area (Å²) in [5.41, 5.74) is 0.518. The molecule has 0 heterocycles. The lowest BCUT2D eigenvalue weighted by atomic mass is 9.74. The van der Waals surface area contributed by atoms with E-state index in [9.17, 15) is 4.79 Å². The molecule has 29 heavy (non-hydrogen) atoms. The maximum absolute atomic E-state index is 11.9. The van der Waals surface area contributed by atoms with Gasteiger partial charge in [-0.25, -0.2) is 4.79 Å². The highest BCUT2D eigenvalue weighted by Crippen LogP contribution is 2.41. The molecule has 3 aliphatic rings. The molecule has 3 nitrogen and oxygen atoms in total. The zero-order valence-electron chi connectivity index (χ0n) is 19.7. The summed E-state index contributed by atoms with van der Waals surface area (Å²) < 4.78 is 5.68. The van der Waals surface area contributed by atoms with Gasteiger partial charge in [0.25, 0.3) is 0 Å². The molecular weight excluding hydrogens is 358 g/mol. The molecule has 0 saturated heterocycles. The van der Waals surface area contributed by atoms with Gasteiger partial charge in [0.05, 0.1) is 0 Å². The molecule has 0 aromatic rings. The van der Waals surface area contributed by atoms with E-state index < -0.39 is 0 Å². The van der Waals surface area contributed by atoms with Crippen LogP contribution >= 0.6 is 0 Å². The summed E-state index contributed by atoms with van der Waals surface area (Å²) in [7, 11) is 0. The molecule has 0 radical (unpaired) electrons. The van der Waals surface area contributed by atoms with Gasteiger partial charge in [-0.2, -0.15) is 0 Å². The van der Waals surface area contributed by atoms with Gasteiger partial charge in [0.1, 0.15) is 6.10 Å². The van der Waals surface area contributed by atoms with Gasteiger partial charge in [0, 0.05) is 23.7 Å². The Morgan fingerprint density at radius 3 is 1.52 bits per heavy atom.